The van der Waals surface area contributed by atoms with Crippen LogP contribution in [0.1, 0.15) is 31.9 Å². The number of ether oxygens (including phenoxy) is 2. The molecule has 2 amide bonds. The third-order valence-electron chi connectivity index (χ3n) is 5.26. The molecule has 1 aliphatic rings. The molecule has 36 heavy (non-hydrogen) atoms. The number of nitrogens with zero attached hydrogens (tertiary/aromatic N) is 3. The van der Waals surface area contributed by atoms with Crippen molar-refractivity contribution in [2.45, 2.75) is 50.8 Å². The first-order chi connectivity index (χ1) is 16.9. The van der Waals surface area contributed by atoms with E-state index in [4.69, 9.17) is 9.47 Å². The molecule has 1 N–H and O–H groups in total. The van der Waals surface area contributed by atoms with Gasteiger partial charge in [0.2, 0.25) is 0 Å². The van der Waals surface area contributed by atoms with Gasteiger partial charge in [0, 0.05) is 25.8 Å². The number of amides is 2. The summed E-state index contributed by atoms with van der Waals surface area (Å²) in [4.78, 5) is 30.6. The van der Waals surface area contributed by atoms with E-state index in [1.165, 1.54) is 28.1 Å². The summed E-state index contributed by atoms with van der Waals surface area (Å²) in [6.45, 7) is 7.67. The predicted molar refractivity (Wildman–Crippen MR) is 135 cm³/mol. The molecule has 0 radical (unpaired) electrons. The number of sulfonamides is 1. The van der Waals surface area contributed by atoms with E-state index < -0.39 is 33.9 Å². The maximum Gasteiger partial charge on any atom is 0.410 e. The highest BCUT2D eigenvalue weighted by atomic mass is 32.2. The number of aryl methyl sites for hydroxylation is 1. The number of carbonyl (C=O) groups excluding carboxylic acids is 2. The molecule has 194 valence electrons. The number of carbonyl (C=O) groups is 2. The maximum absolute atomic E-state index is 12.8. The zero-order valence-corrected chi connectivity index (χ0v) is 21.7. The van der Waals surface area contributed by atoms with Gasteiger partial charge in [-0.25, -0.2) is 14.4 Å². The van der Waals surface area contributed by atoms with Crippen LogP contribution in [-0.2, 0) is 26.1 Å². The van der Waals surface area contributed by atoms with Gasteiger partial charge in [0.05, 0.1) is 10.9 Å². The van der Waals surface area contributed by atoms with Crippen molar-refractivity contribution < 1.29 is 27.5 Å². The summed E-state index contributed by atoms with van der Waals surface area (Å²) in [6.07, 6.45) is 0.158. The van der Waals surface area contributed by atoms with E-state index in [1.807, 2.05) is 37.3 Å². The SMILES string of the molecule is Cc1ccc(S(=O)(=O)N/N=C\C2CN(C(=O)OCc3ccccc3)CCN2C(=O)OC(C)(C)C)cc1. The molecule has 1 saturated heterocycles. The molecule has 1 unspecified atom stereocenters. The number of hydrazone groups is 1. The zero-order chi connectivity index (χ0) is 26.3. The second-order valence-corrected chi connectivity index (χ2v) is 11.1. The van der Waals surface area contributed by atoms with Crippen LogP contribution < -0.4 is 4.83 Å². The fraction of sp³-hybridized carbons (Fsp3) is 0.400. The van der Waals surface area contributed by atoms with Crippen molar-refractivity contribution in [2.75, 3.05) is 19.6 Å². The van der Waals surface area contributed by atoms with Gasteiger partial charge in [-0.2, -0.15) is 13.5 Å². The van der Waals surface area contributed by atoms with Crippen LogP contribution in [0.5, 0.6) is 0 Å². The average molecular weight is 517 g/mol. The molecule has 0 bridgehead atoms. The number of hydrogen-bond acceptors (Lipinski definition) is 7. The Morgan fingerprint density at radius 2 is 1.72 bits per heavy atom. The molecular formula is C25H32N4O6S. The van der Waals surface area contributed by atoms with Gasteiger partial charge in [-0.3, -0.25) is 4.90 Å². The summed E-state index contributed by atoms with van der Waals surface area (Å²) in [5.74, 6) is 0. The Hall–Kier alpha value is -3.60. The number of nitrogens with one attached hydrogen (secondary N) is 1. The summed E-state index contributed by atoms with van der Waals surface area (Å²) < 4.78 is 36.0. The van der Waals surface area contributed by atoms with Gasteiger partial charge in [0.25, 0.3) is 10.0 Å². The number of piperazine rings is 1. The second kappa shape index (κ2) is 11.4. The molecule has 1 atom stereocenters. The smallest absolute Gasteiger partial charge is 0.410 e. The topological polar surface area (TPSA) is 118 Å². The molecule has 0 saturated carbocycles. The number of benzene rings is 2. The first-order valence-electron chi connectivity index (χ1n) is 11.5. The molecule has 3 rings (SSSR count). The zero-order valence-electron chi connectivity index (χ0n) is 20.9. The Morgan fingerprint density at radius 1 is 1.06 bits per heavy atom. The van der Waals surface area contributed by atoms with Crippen molar-refractivity contribution in [3.63, 3.8) is 0 Å². The van der Waals surface area contributed by atoms with Gasteiger partial charge in [-0.15, -0.1) is 0 Å². The van der Waals surface area contributed by atoms with Crippen molar-refractivity contribution in [3.8, 4) is 0 Å². The minimum Gasteiger partial charge on any atom is -0.445 e. The third kappa shape index (κ3) is 7.70. The van der Waals surface area contributed by atoms with Crippen LogP contribution in [-0.4, -0.2) is 67.9 Å². The largest absolute Gasteiger partial charge is 0.445 e. The van der Waals surface area contributed by atoms with Crippen LogP contribution in [0.2, 0.25) is 0 Å². The molecule has 1 aliphatic heterocycles. The minimum atomic E-state index is -3.90. The van der Waals surface area contributed by atoms with Crippen LogP contribution in [0.3, 0.4) is 0 Å². The molecular weight excluding hydrogens is 484 g/mol. The fourth-order valence-electron chi connectivity index (χ4n) is 3.42. The quantitative estimate of drug-likeness (QED) is 0.464. The van der Waals surface area contributed by atoms with Crippen molar-refractivity contribution in [1.82, 2.24) is 14.6 Å². The van der Waals surface area contributed by atoms with E-state index in [2.05, 4.69) is 9.93 Å². The summed E-state index contributed by atoms with van der Waals surface area (Å²) in [5, 5.41) is 3.89. The lowest BCUT2D eigenvalue weighted by molar-refractivity contribution is 0.00639. The summed E-state index contributed by atoms with van der Waals surface area (Å²) in [6, 6.07) is 14.9. The summed E-state index contributed by atoms with van der Waals surface area (Å²) in [5.41, 5.74) is 1.05. The first kappa shape index (κ1) is 27.0. The van der Waals surface area contributed by atoms with Gasteiger partial charge in [-0.05, 0) is 45.4 Å². The van der Waals surface area contributed by atoms with Crippen molar-refractivity contribution in [2.24, 2.45) is 5.10 Å². The summed E-state index contributed by atoms with van der Waals surface area (Å²) >= 11 is 0. The van der Waals surface area contributed by atoms with Crippen LogP contribution in [0, 0.1) is 6.92 Å². The molecule has 0 spiro atoms. The Labute approximate surface area is 211 Å². The molecule has 10 nitrogen and oxygen atoms in total. The van der Waals surface area contributed by atoms with Crippen LogP contribution in [0.25, 0.3) is 0 Å². The van der Waals surface area contributed by atoms with Crippen LogP contribution in [0.15, 0.2) is 64.6 Å². The summed E-state index contributed by atoms with van der Waals surface area (Å²) in [7, 11) is -3.90. The van der Waals surface area contributed by atoms with Crippen LogP contribution >= 0.6 is 0 Å². The van der Waals surface area contributed by atoms with E-state index in [0.717, 1.165) is 11.1 Å². The molecule has 2 aromatic carbocycles. The van der Waals surface area contributed by atoms with Crippen molar-refractivity contribution in [3.05, 3.63) is 65.7 Å². The molecule has 0 aromatic heterocycles. The monoisotopic (exact) mass is 516 g/mol. The predicted octanol–water partition coefficient (Wildman–Crippen LogP) is 3.52. The lowest BCUT2D eigenvalue weighted by atomic mass is 10.2. The van der Waals surface area contributed by atoms with Crippen LogP contribution in [0.4, 0.5) is 9.59 Å². The lowest BCUT2D eigenvalue weighted by Gasteiger charge is -2.39. The van der Waals surface area contributed by atoms with E-state index in [0.29, 0.717) is 0 Å². The molecule has 2 aromatic rings. The molecule has 0 aliphatic carbocycles. The Kier molecular flexibility index (Phi) is 8.57. The molecule has 11 heteroatoms. The maximum atomic E-state index is 12.8. The lowest BCUT2D eigenvalue weighted by Crippen LogP contribution is -2.58. The fourth-order valence-corrected chi connectivity index (χ4v) is 4.22. The highest BCUT2D eigenvalue weighted by molar-refractivity contribution is 7.89. The Morgan fingerprint density at radius 3 is 2.36 bits per heavy atom. The van der Waals surface area contributed by atoms with E-state index in [9.17, 15) is 18.0 Å². The van der Waals surface area contributed by atoms with E-state index in [-0.39, 0.29) is 31.1 Å². The van der Waals surface area contributed by atoms with Gasteiger partial charge >= 0.3 is 12.2 Å². The van der Waals surface area contributed by atoms with E-state index >= 15 is 0 Å². The van der Waals surface area contributed by atoms with E-state index in [1.54, 1.807) is 32.9 Å². The van der Waals surface area contributed by atoms with Gasteiger partial charge in [0.15, 0.2) is 0 Å². The minimum absolute atomic E-state index is 0.0582. The van der Waals surface area contributed by atoms with Gasteiger partial charge in [0.1, 0.15) is 12.2 Å². The normalized spacial score (nSPS) is 16.6. The number of rotatable bonds is 6. The highest BCUT2D eigenvalue weighted by Crippen LogP contribution is 2.17. The Balaban J connectivity index is 1.71. The number of hydrogen-bond donors (Lipinski definition) is 1. The average Bonchev–Trinajstić information content (AvgIpc) is 2.82. The van der Waals surface area contributed by atoms with Gasteiger partial charge in [-0.1, -0.05) is 48.0 Å². The molecule has 1 heterocycles. The second-order valence-electron chi connectivity index (χ2n) is 9.41. The standard InChI is InChI=1S/C25H32N4O6S/c1-19-10-12-22(13-11-19)36(32,33)27-26-16-21-17-28(14-15-29(21)24(31)35-25(2,3)4)23(30)34-18-20-8-6-5-7-9-20/h5-13,16,21,27H,14-15,17-18H2,1-4H3/b26-16-. The highest BCUT2D eigenvalue weighted by Gasteiger charge is 2.35. The van der Waals surface area contributed by atoms with Gasteiger partial charge < -0.3 is 14.4 Å². The van der Waals surface area contributed by atoms with Crippen molar-refractivity contribution >= 4 is 28.4 Å². The Bertz CT molecular complexity index is 1180. The first-order valence-corrected chi connectivity index (χ1v) is 13.0. The van der Waals surface area contributed by atoms with Crippen molar-refractivity contribution in [1.29, 1.82) is 0 Å². The molecule has 1 fully saturated rings. The third-order valence-corrected chi connectivity index (χ3v) is 6.50.